The molecule has 7 aromatic carbocycles. The topological polar surface area (TPSA) is 91.3 Å². The molecule has 1 saturated heterocycles. The molecule has 0 spiro atoms. The highest BCUT2D eigenvalue weighted by atomic mass is 28.4. The van der Waals surface area contributed by atoms with Crippen LogP contribution in [0.25, 0.3) is 33.3 Å². The standard InChI is InChI=1S/C55H52N6O2Si/c1-54(2,3)64(45-30-15-7-16-31-45,46-32-17-8-18-33-46)62-38-44-36-60(55(41-24-9-4-10-25-41,42-26-11-5-12-27-42)43-28-13-6-14-29-43)37-49(63-44)61-52(59-50-51(56)57-39-58-53(50)61)48-35-21-23-40-22-19-20-34-47(40)48/h4-35,39,44,49H,36-38H2,1-3H3,(H2,56,57,58)/t44-,49+/m0/s1. The molecule has 10 rings (SSSR count). The van der Waals surface area contributed by atoms with Gasteiger partial charge in [-0.05, 0) is 42.9 Å². The second-order valence-corrected chi connectivity index (χ2v) is 22.0. The minimum atomic E-state index is -2.98. The number of benzene rings is 7. The van der Waals surface area contributed by atoms with E-state index in [0.29, 0.717) is 42.5 Å². The molecule has 3 heterocycles. The number of nitrogen functional groups attached to an aromatic ring is 1. The Morgan fingerprint density at radius 3 is 1.70 bits per heavy atom. The number of hydrogen-bond acceptors (Lipinski definition) is 7. The average molecular weight is 857 g/mol. The zero-order valence-electron chi connectivity index (χ0n) is 36.5. The van der Waals surface area contributed by atoms with Crippen LogP contribution in [0.3, 0.4) is 0 Å². The van der Waals surface area contributed by atoms with E-state index in [1.54, 1.807) is 0 Å². The Morgan fingerprint density at radius 2 is 1.14 bits per heavy atom. The number of nitrogens with two attached hydrogens (primary N) is 1. The largest absolute Gasteiger partial charge is 0.405 e. The zero-order valence-corrected chi connectivity index (χ0v) is 37.5. The second-order valence-electron chi connectivity index (χ2n) is 17.7. The van der Waals surface area contributed by atoms with Gasteiger partial charge in [-0.2, -0.15) is 0 Å². The second kappa shape index (κ2) is 17.1. The Kier molecular flexibility index (Phi) is 11.0. The molecule has 0 radical (unpaired) electrons. The number of morpholine rings is 1. The van der Waals surface area contributed by atoms with E-state index in [9.17, 15) is 0 Å². The van der Waals surface area contributed by atoms with Gasteiger partial charge in [-0.25, -0.2) is 15.0 Å². The molecular formula is C55H52N6O2Si. The maximum atomic E-state index is 7.75. The fourth-order valence-electron chi connectivity index (χ4n) is 10.2. The SMILES string of the molecule is CC(C)(C)[Si](OC[C@@H]1CN(C(c2ccccc2)(c2ccccc2)c2ccccc2)C[C@H](n2c(-c3cccc4ccccc34)nc3c(N)ncnc32)O1)(c1ccccc1)c1ccccc1. The van der Waals surface area contributed by atoms with Crippen molar-refractivity contribution in [3.05, 3.63) is 217 Å². The van der Waals surface area contributed by atoms with Crippen LogP contribution in [0.5, 0.6) is 0 Å². The third kappa shape index (κ3) is 7.11. The van der Waals surface area contributed by atoms with Crippen molar-refractivity contribution in [1.82, 2.24) is 24.4 Å². The number of imidazole rings is 1. The van der Waals surface area contributed by atoms with Crippen LogP contribution in [0.15, 0.2) is 200 Å². The van der Waals surface area contributed by atoms with Gasteiger partial charge in [0.15, 0.2) is 23.2 Å². The minimum absolute atomic E-state index is 0.234. The first kappa shape index (κ1) is 41.3. The van der Waals surface area contributed by atoms with Gasteiger partial charge in [-0.1, -0.05) is 215 Å². The molecule has 9 heteroatoms. The number of aromatic nitrogens is 4. The Labute approximate surface area is 376 Å². The normalized spacial score (nSPS) is 16.3. The summed E-state index contributed by atoms with van der Waals surface area (Å²) in [6.07, 6.45) is 0.521. The fourth-order valence-corrected chi connectivity index (χ4v) is 14.8. The summed E-state index contributed by atoms with van der Waals surface area (Å²) in [7, 11) is -2.98. The third-order valence-corrected chi connectivity index (χ3v) is 17.9. The number of hydrogen-bond donors (Lipinski definition) is 1. The predicted octanol–water partition coefficient (Wildman–Crippen LogP) is 10.00. The van der Waals surface area contributed by atoms with E-state index in [-0.39, 0.29) is 5.04 Å². The first-order chi connectivity index (χ1) is 31.3. The van der Waals surface area contributed by atoms with Gasteiger partial charge < -0.3 is 14.9 Å². The highest BCUT2D eigenvalue weighted by molar-refractivity contribution is 6.99. The van der Waals surface area contributed by atoms with Crippen molar-refractivity contribution < 1.29 is 9.16 Å². The van der Waals surface area contributed by atoms with Gasteiger partial charge in [0.05, 0.1) is 18.2 Å². The molecule has 64 heavy (non-hydrogen) atoms. The smallest absolute Gasteiger partial charge is 0.261 e. The van der Waals surface area contributed by atoms with Gasteiger partial charge >= 0.3 is 0 Å². The van der Waals surface area contributed by atoms with Crippen LogP contribution in [0, 0.1) is 0 Å². The summed E-state index contributed by atoms with van der Waals surface area (Å²) in [4.78, 5) is 17.2. The number of fused-ring (bicyclic) bond motifs is 2. The first-order valence-corrected chi connectivity index (χ1v) is 24.0. The minimum Gasteiger partial charge on any atom is -0.405 e. The lowest BCUT2D eigenvalue weighted by molar-refractivity contribution is -0.145. The van der Waals surface area contributed by atoms with E-state index in [4.69, 9.17) is 24.9 Å². The maximum Gasteiger partial charge on any atom is 0.261 e. The quantitative estimate of drug-likeness (QED) is 0.102. The maximum absolute atomic E-state index is 7.75. The molecule has 1 fully saturated rings. The monoisotopic (exact) mass is 856 g/mol. The highest BCUT2D eigenvalue weighted by Crippen LogP contribution is 2.46. The summed E-state index contributed by atoms with van der Waals surface area (Å²) in [6.45, 7) is 8.32. The first-order valence-electron chi connectivity index (χ1n) is 22.1. The number of anilines is 1. The van der Waals surface area contributed by atoms with Crippen molar-refractivity contribution in [3.8, 4) is 11.4 Å². The van der Waals surface area contributed by atoms with Gasteiger partial charge in [-0.15, -0.1) is 0 Å². The van der Waals surface area contributed by atoms with Crippen molar-refractivity contribution in [3.63, 3.8) is 0 Å². The zero-order chi connectivity index (χ0) is 43.7. The third-order valence-electron chi connectivity index (χ3n) is 12.9. The van der Waals surface area contributed by atoms with Crippen molar-refractivity contribution in [2.75, 3.05) is 25.4 Å². The molecular weight excluding hydrogens is 805 g/mol. The lowest BCUT2D eigenvalue weighted by Gasteiger charge is -2.51. The van der Waals surface area contributed by atoms with Crippen molar-refractivity contribution in [2.45, 2.75) is 43.7 Å². The molecule has 1 aliphatic rings. The van der Waals surface area contributed by atoms with Crippen LogP contribution >= 0.6 is 0 Å². The molecule has 0 aliphatic carbocycles. The number of ether oxygens (including phenoxy) is 1. The molecule has 0 amide bonds. The summed E-state index contributed by atoms with van der Waals surface area (Å²) >= 11 is 0. The van der Waals surface area contributed by atoms with Crippen molar-refractivity contribution in [1.29, 1.82) is 0 Å². The van der Waals surface area contributed by atoms with E-state index in [0.717, 1.165) is 33.0 Å². The van der Waals surface area contributed by atoms with Gasteiger partial charge in [0.25, 0.3) is 8.32 Å². The molecule has 0 saturated carbocycles. The van der Waals surface area contributed by atoms with Crippen molar-refractivity contribution >= 4 is 46.4 Å². The molecule has 9 aromatic rings. The molecule has 2 aromatic heterocycles. The number of rotatable bonds is 11. The van der Waals surface area contributed by atoms with Gasteiger partial charge in [-0.3, -0.25) is 9.47 Å². The molecule has 318 valence electrons. The molecule has 0 unspecified atom stereocenters. The molecule has 0 bridgehead atoms. The summed E-state index contributed by atoms with van der Waals surface area (Å²) < 4.78 is 17.4. The van der Waals surface area contributed by atoms with Crippen LogP contribution in [-0.2, 0) is 14.7 Å². The Hall–Kier alpha value is -6.75. The predicted molar refractivity (Wildman–Crippen MR) is 261 cm³/mol. The summed E-state index contributed by atoms with van der Waals surface area (Å²) in [5.74, 6) is 1.03. The van der Waals surface area contributed by atoms with E-state index < -0.39 is 26.2 Å². The lowest BCUT2D eigenvalue weighted by Crippen LogP contribution is -2.67. The van der Waals surface area contributed by atoms with E-state index in [1.165, 1.54) is 16.7 Å². The Morgan fingerprint density at radius 1 is 0.625 bits per heavy atom. The van der Waals surface area contributed by atoms with Crippen LogP contribution in [0.2, 0.25) is 5.04 Å². The number of nitrogens with zero attached hydrogens (tertiary/aromatic N) is 5. The Balaban J connectivity index is 1.20. The molecule has 8 nitrogen and oxygen atoms in total. The van der Waals surface area contributed by atoms with Gasteiger partial charge in [0.1, 0.15) is 12.2 Å². The van der Waals surface area contributed by atoms with Crippen LogP contribution in [-0.4, -0.2) is 58.5 Å². The van der Waals surface area contributed by atoms with E-state index >= 15 is 0 Å². The summed E-state index contributed by atoms with van der Waals surface area (Å²) in [5, 5.41) is 4.38. The summed E-state index contributed by atoms with van der Waals surface area (Å²) in [6, 6.07) is 69.0. The summed E-state index contributed by atoms with van der Waals surface area (Å²) in [5.41, 5.74) is 11.5. The fraction of sp³-hybridized carbons (Fsp3) is 0.182. The van der Waals surface area contributed by atoms with Crippen LogP contribution in [0.4, 0.5) is 5.82 Å². The van der Waals surface area contributed by atoms with Gasteiger partial charge in [0, 0.05) is 18.7 Å². The highest BCUT2D eigenvalue weighted by Gasteiger charge is 2.52. The molecule has 2 N–H and O–H groups in total. The van der Waals surface area contributed by atoms with Crippen molar-refractivity contribution in [2.24, 2.45) is 0 Å². The molecule has 2 atom stereocenters. The van der Waals surface area contributed by atoms with Crippen LogP contribution in [0.1, 0.15) is 43.7 Å². The lowest BCUT2D eigenvalue weighted by atomic mass is 9.75. The molecule has 1 aliphatic heterocycles. The van der Waals surface area contributed by atoms with Gasteiger partial charge in [0.2, 0.25) is 0 Å². The van der Waals surface area contributed by atoms with Crippen LogP contribution < -0.4 is 16.1 Å². The van der Waals surface area contributed by atoms with E-state index in [2.05, 4.69) is 229 Å². The Bertz CT molecular complexity index is 2860. The average Bonchev–Trinajstić information content (AvgIpc) is 3.74. The van der Waals surface area contributed by atoms with E-state index in [1.807, 2.05) is 0 Å².